The lowest BCUT2D eigenvalue weighted by atomic mass is 9.83. The van der Waals surface area contributed by atoms with Crippen molar-refractivity contribution in [1.82, 2.24) is 9.47 Å². The van der Waals surface area contributed by atoms with E-state index in [1.54, 1.807) is 28.8 Å². The van der Waals surface area contributed by atoms with Crippen molar-refractivity contribution in [2.45, 2.75) is 18.9 Å². The van der Waals surface area contributed by atoms with Gasteiger partial charge in [-0.2, -0.15) is 0 Å². The number of ether oxygens (including phenoxy) is 1. The summed E-state index contributed by atoms with van der Waals surface area (Å²) in [5.74, 6) is 0.832. The third-order valence-electron chi connectivity index (χ3n) is 6.52. The van der Waals surface area contributed by atoms with Gasteiger partial charge < -0.3 is 24.8 Å². The van der Waals surface area contributed by atoms with Crippen LogP contribution in [-0.4, -0.2) is 41.6 Å². The van der Waals surface area contributed by atoms with Crippen LogP contribution in [0.1, 0.15) is 28.4 Å². The molecule has 0 aliphatic carbocycles. The van der Waals surface area contributed by atoms with Gasteiger partial charge in [0.25, 0.3) is 11.5 Å². The number of nitrogens with zero attached hydrogens (tertiary/aromatic N) is 2. The van der Waals surface area contributed by atoms with Crippen LogP contribution in [0.5, 0.6) is 5.75 Å². The van der Waals surface area contributed by atoms with Gasteiger partial charge in [-0.25, -0.2) is 4.79 Å². The molecule has 174 valence electrons. The highest BCUT2D eigenvalue weighted by Gasteiger charge is 2.37. The van der Waals surface area contributed by atoms with Crippen molar-refractivity contribution >= 4 is 23.3 Å². The molecule has 3 aromatic rings. The first-order valence-electron chi connectivity index (χ1n) is 11.3. The molecule has 0 radical (unpaired) electrons. The Morgan fingerprint density at radius 3 is 2.41 bits per heavy atom. The van der Waals surface area contributed by atoms with Gasteiger partial charge in [0.1, 0.15) is 11.4 Å². The number of benzene rings is 2. The molecule has 8 nitrogen and oxygen atoms in total. The summed E-state index contributed by atoms with van der Waals surface area (Å²) >= 11 is 0. The molecule has 8 heteroatoms. The number of piperidine rings is 1. The Balaban J connectivity index is 1.33. The van der Waals surface area contributed by atoms with Crippen LogP contribution in [0.25, 0.3) is 0 Å². The number of amides is 3. The summed E-state index contributed by atoms with van der Waals surface area (Å²) < 4.78 is 7.01. The lowest BCUT2D eigenvalue weighted by Gasteiger charge is -2.43. The summed E-state index contributed by atoms with van der Waals surface area (Å²) in [6.07, 6.45) is 0.944. The lowest BCUT2D eigenvalue weighted by Crippen LogP contribution is -2.49. The van der Waals surface area contributed by atoms with E-state index in [0.717, 1.165) is 12.1 Å². The van der Waals surface area contributed by atoms with Gasteiger partial charge in [-0.15, -0.1) is 0 Å². The maximum atomic E-state index is 13.2. The molecule has 0 saturated carbocycles. The highest BCUT2D eigenvalue weighted by molar-refractivity contribution is 6.00. The van der Waals surface area contributed by atoms with E-state index < -0.39 is 6.03 Å². The summed E-state index contributed by atoms with van der Waals surface area (Å²) in [5, 5.41) is 5.39. The van der Waals surface area contributed by atoms with E-state index in [1.807, 2.05) is 47.4 Å². The second-order valence-electron chi connectivity index (χ2n) is 8.74. The standard InChI is InChI=1S/C26H26N4O4/c1-34-23-10-6-5-9-20(23)27-26(33)28-21-11-12-22-19-13-17(15-30(22)25(21)32)14-29(16-19)24(31)18-7-3-2-4-8-18/h2-12,17,19H,13-16H2,1H3,(H2,27,28,33)/t17-,19+/m0/s1. The van der Waals surface area contributed by atoms with Crippen LogP contribution in [-0.2, 0) is 6.54 Å². The molecule has 1 aromatic heterocycles. The third kappa shape index (κ3) is 4.14. The molecule has 2 aliphatic heterocycles. The minimum absolute atomic E-state index is 0.0254. The first-order valence-corrected chi connectivity index (χ1v) is 11.3. The number of nitrogens with one attached hydrogen (secondary N) is 2. The van der Waals surface area contributed by atoms with Gasteiger partial charge in [0.15, 0.2) is 0 Å². The van der Waals surface area contributed by atoms with Gasteiger partial charge in [-0.1, -0.05) is 30.3 Å². The Hall–Kier alpha value is -4.07. The molecule has 34 heavy (non-hydrogen) atoms. The normalized spacial score (nSPS) is 18.6. The number of hydrogen-bond donors (Lipinski definition) is 2. The molecule has 0 unspecified atom stereocenters. The van der Waals surface area contributed by atoms with Gasteiger partial charge in [-0.05, 0) is 48.7 Å². The number of fused-ring (bicyclic) bond motifs is 4. The van der Waals surface area contributed by atoms with E-state index in [1.165, 1.54) is 7.11 Å². The minimum atomic E-state index is -0.516. The van der Waals surface area contributed by atoms with Gasteiger partial charge in [0, 0.05) is 36.8 Å². The Morgan fingerprint density at radius 1 is 0.882 bits per heavy atom. The second-order valence-corrected chi connectivity index (χ2v) is 8.74. The fourth-order valence-electron chi connectivity index (χ4n) is 4.99. The van der Waals surface area contributed by atoms with Crippen molar-refractivity contribution in [3.8, 4) is 5.75 Å². The second kappa shape index (κ2) is 9.05. The quantitative estimate of drug-likeness (QED) is 0.623. The molecule has 2 aliphatic rings. The average molecular weight is 459 g/mol. The Labute approximate surface area is 197 Å². The van der Waals surface area contributed by atoms with Crippen LogP contribution in [0.2, 0.25) is 0 Å². The number of rotatable bonds is 4. The smallest absolute Gasteiger partial charge is 0.323 e. The molecule has 3 heterocycles. The summed E-state index contributed by atoms with van der Waals surface area (Å²) in [4.78, 5) is 40.6. The maximum Gasteiger partial charge on any atom is 0.323 e. The van der Waals surface area contributed by atoms with Gasteiger partial charge in [0.2, 0.25) is 0 Å². The van der Waals surface area contributed by atoms with Crippen LogP contribution in [0.15, 0.2) is 71.5 Å². The van der Waals surface area contributed by atoms with Crippen molar-refractivity contribution in [3.05, 3.63) is 88.3 Å². The van der Waals surface area contributed by atoms with Crippen molar-refractivity contribution in [2.75, 3.05) is 30.8 Å². The van der Waals surface area contributed by atoms with Crippen molar-refractivity contribution in [2.24, 2.45) is 5.92 Å². The highest BCUT2D eigenvalue weighted by Crippen LogP contribution is 2.36. The molecular formula is C26H26N4O4. The molecule has 2 atom stereocenters. The first-order chi connectivity index (χ1) is 16.5. The largest absolute Gasteiger partial charge is 0.495 e. The van der Waals surface area contributed by atoms with E-state index in [-0.39, 0.29) is 29.0 Å². The molecule has 0 spiro atoms. The number of hydrogen-bond acceptors (Lipinski definition) is 4. The predicted molar refractivity (Wildman–Crippen MR) is 130 cm³/mol. The molecule has 1 fully saturated rings. The van der Waals surface area contributed by atoms with Gasteiger partial charge in [0.05, 0.1) is 12.8 Å². The van der Waals surface area contributed by atoms with E-state index in [2.05, 4.69) is 10.6 Å². The molecule has 3 amide bonds. The SMILES string of the molecule is COc1ccccc1NC(=O)Nc1ccc2n(c1=O)C[C@H]1C[C@@H]2CN(C(=O)c2ccccc2)C1. The van der Waals surface area contributed by atoms with Crippen LogP contribution in [0.4, 0.5) is 16.2 Å². The van der Waals surface area contributed by atoms with Crippen LogP contribution >= 0.6 is 0 Å². The third-order valence-corrected chi connectivity index (χ3v) is 6.52. The molecule has 2 bridgehead atoms. The Bertz CT molecular complexity index is 1290. The number of aromatic nitrogens is 1. The van der Waals surface area contributed by atoms with E-state index >= 15 is 0 Å². The molecule has 2 aromatic carbocycles. The summed E-state index contributed by atoms with van der Waals surface area (Å²) in [6.45, 7) is 1.71. The Kier molecular flexibility index (Phi) is 5.79. The van der Waals surface area contributed by atoms with E-state index in [0.29, 0.717) is 36.6 Å². The number of carbonyl (C=O) groups is 2. The van der Waals surface area contributed by atoms with Crippen LogP contribution in [0, 0.1) is 5.92 Å². The van der Waals surface area contributed by atoms with Gasteiger partial charge >= 0.3 is 6.03 Å². The van der Waals surface area contributed by atoms with Crippen molar-refractivity contribution < 1.29 is 14.3 Å². The zero-order valence-corrected chi connectivity index (χ0v) is 18.9. The van der Waals surface area contributed by atoms with Crippen LogP contribution < -0.4 is 20.9 Å². The number of para-hydroxylation sites is 2. The predicted octanol–water partition coefficient (Wildman–Crippen LogP) is 3.76. The summed E-state index contributed by atoms with van der Waals surface area (Å²) in [7, 11) is 1.53. The number of carbonyl (C=O) groups excluding carboxylic acids is 2. The number of urea groups is 1. The molecule has 1 saturated heterocycles. The molecular weight excluding hydrogens is 432 g/mol. The lowest BCUT2D eigenvalue weighted by molar-refractivity contribution is 0.0594. The number of anilines is 2. The fourth-order valence-corrected chi connectivity index (χ4v) is 4.99. The monoisotopic (exact) mass is 458 g/mol. The first kappa shape index (κ1) is 21.8. The minimum Gasteiger partial charge on any atom is -0.495 e. The van der Waals surface area contributed by atoms with Crippen molar-refractivity contribution in [1.29, 1.82) is 0 Å². The highest BCUT2D eigenvalue weighted by atomic mass is 16.5. The number of pyridine rings is 1. The number of likely N-dealkylation sites (tertiary alicyclic amines) is 1. The van der Waals surface area contributed by atoms with Gasteiger partial charge in [-0.3, -0.25) is 9.59 Å². The zero-order valence-electron chi connectivity index (χ0n) is 18.9. The maximum absolute atomic E-state index is 13.2. The van der Waals surface area contributed by atoms with Crippen molar-refractivity contribution in [3.63, 3.8) is 0 Å². The van der Waals surface area contributed by atoms with E-state index in [9.17, 15) is 14.4 Å². The summed E-state index contributed by atoms with van der Waals surface area (Å²) in [6, 6.07) is 19.4. The molecule has 5 rings (SSSR count). The van der Waals surface area contributed by atoms with E-state index in [4.69, 9.17) is 4.74 Å². The zero-order chi connectivity index (χ0) is 23.7. The average Bonchev–Trinajstić information content (AvgIpc) is 2.86. The molecule has 2 N–H and O–H groups in total. The Morgan fingerprint density at radius 2 is 1.62 bits per heavy atom. The summed E-state index contributed by atoms with van der Waals surface area (Å²) in [5.41, 5.74) is 2.08. The fraction of sp³-hybridized carbons (Fsp3) is 0.269. The number of methoxy groups -OCH3 is 1. The topological polar surface area (TPSA) is 92.7 Å². The van der Waals surface area contributed by atoms with Crippen LogP contribution in [0.3, 0.4) is 0 Å².